The monoisotopic (exact) mass is 290 g/mol. The van der Waals surface area contributed by atoms with Crippen molar-refractivity contribution in [3.8, 4) is 0 Å². The van der Waals surface area contributed by atoms with Crippen LogP contribution < -0.4 is 5.73 Å². The lowest BCUT2D eigenvalue weighted by Crippen LogP contribution is -2.31. The quantitative estimate of drug-likeness (QED) is 0.908. The van der Waals surface area contributed by atoms with E-state index in [4.69, 9.17) is 5.73 Å². The van der Waals surface area contributed by atoms with Crippen LogP contribution in [0.15, 0.2) is 0 Å². The first kappa shape index (κ1) is 13.9. The molecule has 1 fully saturated rings. The van der Waals surface area contributed by atoms with E-state index in [2.05, 4.69) is 17.0 Å². The molecule has 3 rings (SSSR count). The highest BCUT2D eigenvalue weighted by Gasteiger charge is 2.23. The molecule has 1 amide bonds. The summed E-state index contributed by atoms with van der Waals surface area (Å²) in [5, 5.41) is 4.50. The summed E-state index contributed by atoms with van der Waals surface area (Å²) < 4.78 is 3.56. The third kappa shape index (κ3) is 2.36. The van der Waals surface area contributed by atoms with Crippen molar-refractivity contribution in [2.24, 2.45) is 7.05 Å². The molecule has 21 heavy (non-hydrogen) atoms. The van der Waals surface area contributed by atoms with Crippen molar-refractivity contribution in [2.45, 2.75) is 39.2 Å². The Bertz CT molecular complexity index is 665. The van der Waals surface area contributed by atoms with E-state index in [0.29, 0.717) is 5.95 Å². The number of anilines is 1. The number of aromatic nitrogens is 4. The first-order valence-corrected chi connectivity index (χ1v) is 7.57. The van der Waals surface area contributed by atoms with Crippen LogP contribution in [0.25, 0.3) is 11.2 Å². The number of imidazole rings is 1. The first-order chi connectivity index (χ1) is 10.1. The van der Waals surface area contributed by atoms with Crippen molar-refractivity contribution in [1.82, 2.24) is 24.2 Å². The lowest BCUT2D eigenvalue weighted by molar-refractivity contribution is -0.130. The molecule has 1 aliphatic rings. The minimum absolute atomic E-state index is 0.108. The number of nitrogens with zero attached hydrogens (tertiary/aromatic N) is 5. The van der Waals surface area contributed by atoms with Crippen LogP contribution in [-0.2, 0) is 24.8 Å². The van der Waals surface area contributed by atoms with Crippen LogP contribution in [0.3, 0.4) is 0 Å². The standard InChI is InChI=1S/C14H22N6O/c1-3-6-10-12-13(18(2)17-10)20(14(15)16-12)9-11(21)19-7-4-5-8-19/h3-9H2,1-2H3,(H2,15,16). The molecule has 0 saturated carbocycles. The molecule has 2 aromatic rings. The number of aryl methyl sites for hydroxylation is 2. The molecule has 2 N–H and O–H groups in total. The molecule has 3 heterocycles. The zero-order chi connectivity index (χ0) is 15.0. The van der Waals surface area contributed by atoms with Gasteiger partial charge in [0.2, 0.25) is 11.9 Å². The number of hydrogen-bond acceptors (Lipinski definition) is 4. The van der Waals surface area contributed by atoms with Gasteiger partial charge in [0.1, 0.15) is 12.1 Å². The number of likely N-dealkylation sites (tertiary alicyclic amines) is 1. The van der Waals surface area contributed by atoms with Gasteiger partial charge in [0.15, 0.2) is 5.65 Å². The normalized spacial score (nSPS) is 15.2. The number of nitrogens with two attached hydrogens (primary N) is 1. The Hall–Kier alpha value is -2.05. The third-order valence-electron chi connectivity index (χ3n) is 4.06. The number of hydrogen-bond donors (Lipinski definition) is 1. The van der Waals surface area contributed by atoms with Crippen molar-refractivity contribution in [1.29, 1.82) is 0 Å². The zero-order valence-corrected chi connectivity index (χ0v) is 12.7. The second kappa shape index (κ2) is 5.38. The summed E-state index contributed by atoms with van der Waals surface area (Å²) in [4.78, 5) is 18.7. The van der Waals surface area contributed by atoms with Gasteiger partial charge in [-0.25, -0.2) is 4.98 Å². The molecule has 1 saturated heterocycles. The Morgan fingerprint density at radius 2 is 2.05 bits per heavy atom. The largest absolute Gasteiger partial charge is 0.369 e. The molecular weight excluding hydrogens is 268 g/mol. The highest BCUT2D eigenvalue weighted by atomic mass is 16.2. The summed E-state index contributed by atoms with van der Waals surface area (Å²) >= 11 is 0. The van der Waals surface area contributed by atoms with Gasteiger partial charge < -0.3 is 10.6 Å². The summed E-state index contributed by atoms with van der Waals surface area (Å²) in [6.45, 7) is 4.05. The van der Waals surface area contributed by atoms with Crippen LogP contribution in [0.5, 0.6) is 0 Å². The van der Waals surface area contributed by atoms with E-state index in [1.165, 1.54) is 0 Å². The third-order valence-corrected chi connectivity index (χ3v) is 4.06. The van der Waals surface area contributed by atoms with Crippen molar-refractivity contribution in [2.75, 3.05) is 18.8 Å². The number of amides is 1. The van der Waals surface area contributed by atoms with Gasteiger partial charge >= 0.3 is 0 Å². The number of nitrogen functional groups attached to an aromatic ring is 1. The fraction of sp³-hybridized carbons (Fsp3) is 0.643. The molecular formula is C14H22N6O. The van der Waals surface area contributed by atoms with E-state index in [1.54, 1.807) is 9.25 Å². The van der Waals surface area contributed by atoms with E-state index >= 15 is 0 Å². The molecule has 114 valence electrons. The van der Waals surface area contributed by atoms with Gasteiger partial charge in [0.25, 0.3) is 0 Å². The molecule has 7 heteroatoms. The van der Waals surface area contributed by atoms with Crippen LogP contribution in [-0.4, -0.2) is 43.2 Å². The molecule has 0 bridgehead atoms. The number of rotatable bonds is 4. The minimum Gasteiger partial charge on any atom is -0.369 e. The minimum atomic E-state index is 0.108. The van der Waals surface area contributed by atoms with Gasteiger partial charge in [0, 0.05) is 20.1 Å². The molecule has 0 atom stereocenters. The Labute approximate surface area is 123 Å². The van der Waals surface area contributed by atoms with Crippen molar-refractivity contribution in [3.05, 3.63) is 5.69 Å². The van der Waals surface area contributed by atoms with Crippen molar-refractivity contribution >= 4 is 23.0 Å². The van der Waals surface area contributed by atoms with E-state index in [1.807, 2.05) is 11.9 Å². The second-order valence-corrected chi connectivity index (χ2v) is 5.64. The Balaban J connectivity index is 1.94. The van der Waals surface area contributed by atoms with Crippen LogP contribution in [0.4, 0.5) is 5.95 Å². The molecule has 0 spiro atoms. The van der Waals surface area contributed by atoms with Gasteiger partial charge in [-0.3, -0.25) is 14.0 Å². The van der Waals surface area contributed by atoms with E-state index in [-0.39, 0.29) is 12.5 Å². The zero-order valence-electron chi connectivity index (χ0n) is 12.7. The highest BCUT2D eigenvalue weighted by molar-refractivity contribution is 5.82. The van der Waals surface area contributed by atoms with Crippen molar-refractivity contribution < 1.29 is 4.79 Å². The average molecular weight is 290 g/mol. The number of fused-ring (bicyclic) bond motifs is 1. The Morgan fingerprint density at radius 1 is 1.33 bits per heavy atom. The summed E-state index contributed by atoms with van der Waals surface area (Å²) in [7, 11) is 1.87. The van der Waals surface area contributed by atoms with Gasteiger partial charge in [-0.2, -0.15) is 5.10 Å². The second-order valence-electron chi connectivity index (χ2n) is 5.64. The van der Waals surface area contributed by atoms with Gasteiger partial charge in [-0.1, -0.05) is 13.3 Å². The van der Waals surface area contributed by atoms with Crippen LogP contribution in [0.1, 0.15) is 31.9 Å². The first-order valence-electron chi connectivity index (χ1n) is 7.57. The number of carbonyl (C=O) groups excluding carboxylic acids is 1. The lowest BCUT2D eigenvalue weighted by Gasteiger charge is -2.16. The Morgan fingerprint density at radius 3 is 2.71 bits per heavy atom. The summed E-state index contributed by atoms with van der Waals surface area (Å²) in [6.07, 6.45) is 4.05. The van der Waals surface area contributed by atoms with Crippen LogP contribution in [0.2, 0.25) is 0 Å². The van der Waals surface area contributed by atoms with Gasteiger partial charge in [-0.05, 0) is 19.3 Å². The topological polar surface area (TPSA) is 82.0 Å². The highest BCUT2D eigenvalue weighted by Crippen LogP contribution is 2.22. The maximum absolute atomic E-state index is 12.3. The van der Waals surface area contributed by atoms with Gasteiger partial charge in [-0.15, -0.1) is 0 Å². The lowest BCUT2D eigenvalue weighted by atomic mass is 10.2. The summed E-state index contributed by atoms with van der Waals surface area (Å²) in [5.41, 5.74) is 8.63. The maximum Gasteiger partial charge on any atom is 0.242 e. The smallest absolute Gasteiger partial charge is 0.242 e. The van der Waals surface area contributed by atoms with E-state index < -0.39 is 0 Å². The van der Waals surface area contributed by atoms with Crippen LogP contribution in [0, 0.1) is 0 Å². The van der Waals surface area contributed by atoms with Crippen LogP contribution >= 0.6 is 0 Å². The molecule has 0 aromatic carbocycles. The number of carbonyl (C=O) groups is 1. The molecule has 0 aliphatic carbocycles. The average Bonchev–Trinajstić information content (AvgIpc) is 3.12. The Kier molecular flexibility index (Phi) is 3.57. The van der Waals surface area contributed by atoms with Crippen molar-refractivity contribution in [3.63, 3.8) is 0 Å². The predicted octanol–water partition coefficient (Wildman–Crippen LogP) is 0.927. The molecule has 2 aromatic heterocycles. The molecule has 1 aliphatic heterocycles. The van der Waals surface area contributed by atoms with Gasteiger partial charge in [0.05, 0.1) is 5.69 Å². The fourth-order valence-corrected chi connectivity index (χ4v) is 3.02. The summed E-state index contributed by atoms with van der Waals surface area (Å²) in [6, 6.07) is 0. The molecule has 7 nitrogen and oxygen atoms in total. The summed E-state index contributed by atoms with van der Waals surface area (Å²) in [5.74, 6) is 0.500. The predicted molar refractivity (Wildman–Crippen MR) is 80.7 cm³/mol. The SMILES string of the molecule is CCCc1nn(C)c2c1nc(N)n2CC(=O)N1CCCC1. The molecule has 0 unspecified atom stereocenters. The fourth-order valence-electron chi connectivity index (χ4n) is 3.02. The molecule has 0 radical (unpaired) electrons. The maximum atomic E-state index is 12.3. The van der Waals surface area contributed by atoms with E-state index in [9.17, 15) is 4.79 Å². The van der Waals surface area contributed by atoms with E-state index in [0.717, 1.165) is 55.6 Å².